The molecule has 1 aromatic carbocycles. The van der Waals surface area contributed by atoms with Gasteiger partial charge in [-0.3, -0.25) is 4.79 Å². The van der Waals surface area contributed by atoms with Gasteiger partial charge in [-0.2, -0.15) is 0 Å². The van der Waals surface area contributed by atoms with E-state index in [0.29, 0.717) is 11.6 Å². The Morgan fingerprint density at radius 1 is 1.04 bits per heavy atom. The van der Waals surface area contributed by atoms with Crippen molar-refractivity contribution < 1.29 is 4.79 Å². The van der Waals surface area contributed by atoms with Gasteiger partial charge in [-0.15, -0.1) is 0 Å². The first kappa shape index (κ1) is 16.4. The van der Waals surface area contributed by atoms with Crippen LogP contribution in [0.5, 0.6) is 0 Å². The van der Waals surface area contributed by atoms with Crippen LogP contribution in [-0.2, 0) is 0 Å². The third kappa shape index (κ3) is 3.91. The molecule has 0 bridgehead atoms. The Hall–Kier alpha value is -2.43. The van der Waals surface area contributed by atoms with Gasteiger partial charge in [-0.1, -0.05) is 18.9 Å². The molecule has 1 saturated heterocycles. The van der Waals surface area contributed by atoms with Gasteiger partial charge in [0.1, 0.15) is 5.69 Å². The molecular formula is C19H24N4O. The lowest BCUT2D eigenvalue weighted by Gasteiger charge is -2.19. The van der Waals surface area contributed by atoms with Crippen molar-refractivity contribution in [2.45, 2.75) is 39.5 Å². The number of amides is 1. The second-order valence-corrected chi connectivity index (χ2v) is 6.40. The minimum absolute atomic E-state index is 0.00226. The van der Waals surface area contributed by atoms with E-state index < -0.39 is 0 Å². The molecule has 24 heavy (non-hydrogen) atoms. The second kappa shape index (κ2) is 7.43. The summed E-state index contributed by atoms with van der Waals surface area (Å²) in [7, 11) is 0. The molecule has 0 atom stereocenters. The van der Waals surface area contributed by atoms with Gasteiger partial charge >= 0.3 is 0 Å². The maximum atomic E-state index is 12.7. The molecule has 1 N–H and O–H groups in total. The minimum atomic E-state index is 0.00226. The van der Waals surface area contributed by atoms with Crippen molar-refractivity contribution in [3.63, 3.8) is 0 Å². The molecule has 5 heteroatoms. The lowest BCUT2D eigenvalue weighted by Crippen LogP contribution is -2.32. The Bertz CT molecular complexity index is 721. The Labute approximate surface area is 143 Å². The number of nitrogens with one attached hydrogen (secondary N) is 1. The fourth-order valence-electron chi connectivity index (χ4n) is 2.92. The van der Waals surface area contributed by atoms with Crippen LogP contribution in [-0.4, -0.2) is 33.9 Å². The van der Waals surface area contributed by atoms with Crippen molar-refractivity contribution in [2.75, 3.05) is 18.4 Å². The molecule has 0 aliphatic carbocycles. The third-order valence-corrected chi connectivity index (χ3v) is 4.53. The molecule has 1 aromatic heterocycles. The highest BCUT2D eigenvalue weighted by Gasteiger charge is 2.18. The summed E-state index contributed by atoms with van der Waals surface area (Å²) >= 11 is 0. The largest absolute Gasteiger partial charge is 0.337 e. The smallest absolute Gasteiger partial charge is 0.272 e. The van der Waals surface area contributed by atoms with Crippen molar-refractivity contribution in [2.24, 2.45) is 0 Å². The van der Waals surface area contributed by atoms with Crippen LogP contribution in [0.3, 0.4) is 0 Å². The number of nitrogens with zero attached hydrogens (tertiary/aromatic N) is 3. The molecule has 0 radical (unpaired) electrons. The lowest BCUT2D eigenvalue weighted by molar-refractivity contribution is 0.0755. The van der Waals surface area contributed by atoms with Crippen LogP contribution in [0, 0.1) is 13.8 Å². The van der Waals surface area contributed by atoms with Crippen molar-refractivity contribution in [3.05, 3.63) is 47.3 Å². The van der Waals surface area contributed by atoms with Crippen LogP contribution in [0.25, 0.3) is 0 Å². The Balaban J connectivity index is 1.75. The van der Waals surface area contributed by atoms with Crippen molar-refractivity contribution in [1.82, 2.24) is 14.9 Å². The van der Waals surface area contributed by atoms with Gasteiger partial charge in [0.2, 0.25) is 5.95 Å². The van der Waals surface area contributed by atoms with Crippen molar-refractivity contribution >= 4 is 17.5 Å². The Kier molecular flexibility index (Phi) is 5.08. The predicted molar refractivity (Wildman–Crippen MR) is 95.6 cm³/mol. The van der Waals surface area contributed by atoms with Gasteiger partial charge in [0.15, 0.2) is 0 Å². The zero-order valence-electron chi connectivity index (χ0n) is 14.4. The van der Waals surface area contributed by atoms with E-state index in [2.05, 4.69) is 41.3 Å². The Morgan fingerprint density at radius 2 is 1.79 bits per heavy atom. The van der Waals surface area contributed by atoms with Crippen LogP contribution >= 0.6 is 0 Å². The number of anilines is 2. The number of aryl methyl sites for hydroxylation is 2. The van der Waals surface area contributed by atoms with Gasteiger partial charge in [0.05, 0.1) is 0 Å². The average molecular weight is 324 g/mol. The summed E-state index contributed by atoms with van der Waals surface area (Å²) in [6.45, 7) is 5.79. The number of hydrogen-bond acceptors (Lipinski definition) is 4. The first-order valence-electron chi connectivity index (χ1n) is 8.60. The summed E-state index contributed by atoms with van der Waals surface area (Å²) in [6.07, 6.45) is 6.19. The number of aromatic nitrogens is 2. The van der Waals surface area contributed by atoms with E-state index in [1.54, 1.807) is 12.3 Å². The number of likely N-dealkylation sites (tertiary alicyclic amines) is 1. The van der Waals surface area contributed by atoms with Gasteiger partial charge in [0, 0.05) is 25.0 Å². The summed E-state index contributed by atoms with van der Waals surface area (Å²) in [6, 6.07) is 7.81. The molecule has 0 spiro atoms. The van der Waals surface area contributed by atoms with Gasteiger partial charge in [-0.25, -0.2) is 9.97 Å². The van der Waals surface area contributed by atoms with Crippen LogP contribution in [0.2, 0.25) is 0 Å². The van der Waals surface area contributed by atoms with Crippen LogP contribution in [0.15, 0.2) is 30.5 Å². The highest BCUT2D eigenvalue weighted by atomic mass is 16.2. The molecule has 3 rings (SSSR count). The number of benzene rings is 1. The number of rotatable bonds is 3. The van der Waals surface area contributed by atoms with E-state index in [-0.39, 0.29) is 5.91 Å². The highest BCUT2D eigenvalue weighted by Crippen LogP contribution is 2.18. The molecule has 2 heterocycles. The van der Waals surface area contributed by atoms with E-state index in [4.69, 9.17) is 0 Å². The monoisotopic (exact) mass is 324 g/mol. The maximum Gasteiger partial charge on any atom is 0.272 e. The van der Waals surface area contributed by atoms with Crippen LogP contribution in [0.1, 0.15) is 47.3 Å². The van der Waals surface area contributed by atoms with E-state index in [0.717, 1.165) is 31.6 Å². The van der Waals surface area contributed by atoms with E-state index in [1.165, 1.54) is 24.0 Å². The molecule has 5 nitrogen and oxygen atoms in total. The summed E-state index contributed by atoms with van der Waals surface area (Å²) in [5.74, 6) is 0.460. The van der Waals surface area contributed by atoms with E-state index in [1.807, 2.05) is 11.0 Å². The molecule has 126 valence electrons. The van der Waals surface area contributed by atoms with E-state index >= 15 is 0 Å². The predicted octanol–water partition coefficient (Wildman–Crippen LogP) is 3.85. The molecule has 2 aromatic rings. The topological polar surface area (TPSA) is 58.1 Å². The average Bonchev–Trinajstić information content (AvgIpc) is 2.87. The van der Waals surface area contributed by atoms with Crippen molar-refractivity contribution in [1.29, 1.82) is 0 Å². The van der Waals surface area contributed by atoms with Gasteiger partial charge in [0.25, 0.3) is 5.91 Å². The second-order valence-electron chi connectivity index (χ2n) is 6.40. The first-order valence-corrected chi connectivity index (χ1v) is 8.60. The molecule has 1 aliphatic heterocycles. The zero-order chi connectivity index (χ0) is 16.9. The fraction of sp³-hybridized carbons (Fsp3) is 0.421. The number of hydrogen-bond donors (Lipinski definition) is 1. The molecule has 1 aliphatic rings. The lowest BCUT2D eigenvalue weighted by atomic mass is 10.1. The SMILES string of the molecule is Cc1ccc(Nc2nccc(C(=O)N3CCCCCC3)n2)cc1C. The van der Waals surface area contributed by atoms with E-state index in [9.17, 15) is 4.79 Å². The van der Waals surface area contributed by atoms with Gasteiger partial charge < -0.3 is 10.2 Å². The van der Waals surface area contributed by atoms with Crippen LogP contribution < -0.4 is 5.32 Å². The molecular weight excluding hydrogens is 300 g/mol. The summed E-state index contributed by atoms with van der Waals surface area (Å²) in [4.78, 5) is 23.2. The number of carbonyl (C=O) groups is 1. The fourth-order valence-corrected chi connectivity index (χ4v) is 2.92. The molecule has 1 fully saturated rings. The molecule has 0 unspecified atom stereocenters. The summed E-state index contributed by atoms with van der Waals surface area (Å²) in [5.41, 5.74) is 3.83. The Morgan fingerprint density at radius 3 is 2.50 bits per heavy atom. The quantitative estimate of drug-likeness (QED) is 0.931. The molecule has 1 amide bonds. The summed E-state index contributed by atoms with van der Waals surface area (Å²) in [5, 5.41) is 3.19. The van der Waals surface area contributed by atoms with Crippen molar-refractivity contribution in [3.8, 4) is 0 Å². The zero-order valence-corrected chi connectivity index (χ0v) is 14.4. The maximum absolute atomic E-state index is 12.7. The van der Waals surface area contributed by atoms with Crippen LogP contribution in [0.4, 0.5) is 11.6 Å². The minimum Gasteiger partial charge on any atom is -0.337 e. The first-order chi connectivity index (χ1) is 11.6. The number of carbonyl (C=O) groups excluding carboxylic acids is 1. The third-order valence-electron chi connectivity index (χ3n) is 4.53. The highest BCUT2D eigenvalue weighted by molar-refractivity contribution is 5.92. The summed E-state index contributed by atoms with van der Waals surface area (Å²) < 4.78 is 0. The molecule has 0 saturated carbocycles. The van der Waals surface area contributed by atoms with Gasteiger partial charge in [-0.05, 0) is 56.0 Å². The normalized spacial score (nSPS) is 15.0. The standard InChI is InChI=1S/C19H24N4O/c1-14-7-8-16(13-15(14)2)21-19-20-10-9-17(22-19)18(24)23-11-5-3-4-6-12-23/h7-10,13H,3-6,11-12H2,1-2H3,(H,20,21,22).